The highest BCUT2D eigenvalue weighted by Crippen LogP contribution is 2.43. The number of carbonyl (C=O) groups excluding carboxylic acids is 2. The molecular formula is C21H25N3O4. The molecule has 1 aliphatic heterocycles. The normalized spacial score (nSPS) is 15.2. The van der Waals surface area contributed by atoms with Crippen LogP contribution in [0.2, 0.25) is 0 Å². The van der Waals surface area contributed by atoms with Crippen LogP contribution in [0.15, 0.2) is 46.9 Å². The molecule has 2 aromatic rings. The van der Waals surface area contributed by atoms with Crippen molar-refractivity contribution < 1.29 is 19.1 Å². The summed E-state index contributed by atoms with van der Waals surface area (Å²) in [4.78, 5) is 25.5. The monoisotopic (exact) mass is 383 g/mol. The Balaban J connectivity index is 2.41. The molecule has 0 saturated carbocycles. The van der Waals surface area contributed by atoms with E-state index in [1.54, 1.807) is 18.4 Å². The molecule has 0 saturated heterocycles. The number of hydrogen-bond acceptors (Lipinski definition) is 6. The van der Waals surface area contributed by atoms with Gasteiger partial charge in [-0.3, -0.25) is 0 Å². The molecule has 7 nitrogen and oxygen atoms in total. The maximum atomic E-state index is 12.7. The van der Waals surface area contributed by atoms with Crippen molar-refractivity contribution in [3.05, 3.63) is 58.2 Å². The van der Waals surface area contributed by atoms with Gasteiger partial charge >= 0.3 is 11.9 Å². The molecule has 1 N–H and O–H groups in total. The average molecular weight is 383 g/mol. The van der Waals surface area contributed by atoms with E-state index in [1.807, 2.05) is 38.2 Å². The minimum absolute atomic E-state index is 0.0863. The van der Waals surface area contributed by atoms with Gasteiger partial charge in [-0.25, -0.2) is 14.1 Å². The molecular weight excluding hydrogens is 358 g/mol. The van der Waals surface area contributed by atoms with Gasteiger partial charge in [-0.1, -0.05) is 19.9 Å². The first-order chi connectivity index (χ1) is 13.3. The smallest absolute Gasteiger partial charge is 0.336 e. The van der Waals surface area contributed by atoms with E-state index < -0.39 is 17.9 Å². The standard InChI is InChI=1S/C21H25N3O4/c1-11(2)19-17(14-9-7-8-10-24(14)23-19)18-15(20(25)27-5)12(3)22-13(4)16(18)21(26)28-6/h7-11,18,22H,1-6H3. The van der Waals surface area contributed by atoms with Gasteiger partial charge in [0.25, 0.3) is 0 Å². The zero-order valence-corrected chi connectivity index (χ0v) is 17.0. The summed E-state index contributed by atoms with van der Waals surface area (Å²) in [6, 6.07) is 5.74. The van der Waals surface area contributed by atoms with Crippen molar-refractivity contribution in [1.29, 1.82) is 0 Å². The molecule has 0 unspecified atom stereocenters. The molecule has 3 heterocycles. The van der Waals surface area contributed by atoms with Crippen molar-refractivity contribution in [2.45, 2.75) is 39.5 Å². The molecule has 0 fully saturated rings. The van der Waals surface area contributed by atoms with Gasteiger partial charge in [0.15, 0.2) is 0 Å². The summed E-state index contributed by atoms with van der Waals surface area (Å²) in [5.41, 5.74) is 4.53. The van der Waals surface area contributed by atoms with E-state index in [9.17, 15) is 9.59 Å². The summed E-state index contributed by atoms with van der Waals surface area (Å²) in [6.07, 6.45) is 1.86. The van der Waals surface area contributed by atoms with Crippen LogP contribution >= 0.6 is 0 Å². The molecule has 0 spiro atoms. The van der Waals surface area contributed by atoms with Crippen LogP contribution in [0.3, 0.4) is 0 Å². The third kappa shape index (κ3) is 3.06. The lowest BCUT2D eigenvalue weighted by molar-refractivity contribution is -0.137. The molecule has 0 bridgehead atoms. The lowest BCUT2D eigenvalue weighted by Crippen LogP contribution is -2.32. The van der Waals surface area contributed by atoms with Crippen molar-refractivity contribution in [3.8, 4) is 0 Å². The number of rotatable bonds is 4. The Hall–Kier alpha value is -3.09. The predicted molar refractivity (Wildman–Crippen MR) is 105 cm³/mol. The summed E-state index contributed by atoms with van der Waals surface area (Å²) < 4.78 is 11.9. The largest absolute Gasteiger partial charge is 0.466 e. The lowest BCUT2D eigenvalue weighted by atomic mass is 9.78. The topological polar surface area (TPSA) is 81.9 Å². The number of aromatic nitrogens is 2. The van der Waals surface area contributed by atoms with Gasteiger partial charge in [0.1, 0.15) is 0 Å². The Bertz CT molecular complexity index is 976. The molecule has 0 aromatic carbocycles. The Morgan fingerprint density at radius 1 is 1.07 bits per heavy atom. The fourth-order valence-corrected chi connectivity index (χ4v) is 3.80. The van der Waals surface area contributed by atoms with Gasteiger partial charge in [0.05, 0.1) is 42.5 Å². The first kappa shape index (κ1) is 19.7. The van der Waals surface area contributed by atoms with Crippen LogP contribution in [-0.2, 0) is 19.1 Å². The Morgan fingerprint density at radius 3 is 2.14 bits per heavy atom. The molecule has 3 rings (SSSR count). The fourth-order valence-electron chi connectivity index (χ4n) is 3.80. The number of carbonyl (C=O) groups is 2. The van der Waals surface area contributed by atoms with Crippen LogP contribution in [0, 0.1) is 0 Å². The van der Waals surface area contributed by atoms with Crippen LogP contribution in [0.25, 0.3) is 5.52 Å². The highest BCUT2D eigenvalue weighted by molar-refractivity contribution is 6.00. The van der Waals surface area contributed by atoms with Crippen LogP contribution in [0.4, 0.5) is 0 Å². The number of ether oxygens (including phenoxy) is 2. The molecule has 2 aromatic heterocycles. The highest BCUT2D eigenvalue weighted by atomic mass is 16.5. The average Bonchev–Trinajstić information content (AvgIpc) is 3.06. The zero-order chi connectivity index (χ0) is 20.6. The van der Waals surface area contributed by atoms with Crippen molar-refractivity contribution in [1.82, 2.24) is 14.9 Å². The Kier molecular flexibility index (Phi) is 5.27. The minimum Gasteiger partial charge on any atom is -0.466 e. The van der Waals surface area contributed by atoms with E-state index in [2.05, 4.69) is 5.32 Å². The van der Waals surface area contributed by atoms with Gasteiger partial charge < -0.3 is 14.8 Å². The number of fused-ring (bicyclic) bond motifs is 1. The van der Waals surface area contributed by atoms with Gasteiger partial charge in [-0.15, -0.1) is 0 Å². The molecule has 1 aliphatic rings. The van der Waals surface area contributed by atoms with Crippen LogP contribution < -0.4 is 5.32 Å². The number of dihydropyridines is 1. The first-order valence-electron chi connectivity index (χ1n) is 9.14. The van der Waals surface area contributed by atoms with E-state index in [1.165, 1.54) is 14.2 Å². The number of allylic oxidation sites excluding steroid dienone is 2. The summed E-state index contributed by atoms with van der Waals surface area (Å²) in [7, 11) is 2.67. The summed E-state index contributed by atoms with van der Waals surface area (Å²) in [6.45, 7) is 7.68. The van der Waals surface area contributed by atoms with Crippen LogP contribution in [0.5, 0.6) is 0 Å². The molecule has 148 valence electrons. The molecule has 28 heavy (non-hydrogen) atoms. The Morgan fingerprint density at radius 2 is 1.64 bits per heavy atom. The summed E-state index contributed by atoms with van der Waals surface area (Å²) in [5.74, 6) is -1.54. The maximum Gasteiger partial charge on any atom is 0.336 e. The van der Waals surface area contributed by atoms with Crippen molar-refractivity contribution in [2.75, 3.05) is 14.2 Å². The minimum atomic E-state index is -0.640. The second-order valence-corrected chi connectivity index (χ2v) is 7.10. The molecule has 0 aliphatic carbocycles. The number of nitrogens with zero attached hydrogens (tertiary/aromatic N) is 2. The summed E-state index contributed by atoms with van der Waals surface area (Å²) in [5, 5.41) is 7.85. The molecule has 0 atom stereocenters. The number of pyridine rings is 1. The van der Waals surface area contributed by atoms with E-state index in [-0.39, 0.29) is 5.92 Å². The van der Waals surface area contributed by atoms with E-state index in [4.69, 9.17) is 14.6 Å². The number of methoxy groups -OCH3 is 2. The van der Waals surface area contributed by atoms with Gasteiger partial charge in [0, 0.05) is 23.2 Å². The second kappa shape index (κ2) is 7.50. The fraction of sp³-hybridized carbons (Fsp3) is 0.381. The van der Waals surface area contributed by atoms with Gasteiger partial charge in [0.2, 0.25) is 0 Å². The Labute approximate surface area is 164 Å². The number of esters is 2. The van der Waals surface area contributed by atoms with Crippen LogP contribution in [-0.4, -0.2) is 35.8 Å². The third-order valence-corrected chi connectivity index (χ3v) is 5.01. The third-order valence-electron chi connectivity index (χ3n) is 5.01. The van der Waals surface area contributed by atoms with Gasteiger partial charge in [-0.2, -0.15) is 5.10 Å². The maximum absolute atomic E-state index is 12.7. The van der Waals surface area contributed by atoms with Crippen LogP contribution in [0.1, 0.15) is 50.8 Å². The quantitative estimate of drug-likeness (QED) is 0.818. The number of nitrogens with one attached hydrogen (secondary N) is 1. The van der Waals surface area contributed by atoms with Crippen molar-refractivity contribution in [2.24, 2.45) is 0 Å². The number of hydrogen-bond donors (Lipinski definition) is 1. The van der Waals surface area contributed by atoms with E-state index in [0.717, 1.165) is 16.8 Å². The molecule has 0 radical (unpaired) electrons. The van der Waals surface area contributed by atoms with Crippen molar-refractivity contribution in [3.63, 3.8) is 0 Å². The highest BCUT2D eigenvalue weighted by Gasteiger charge is 2.40. The summed E-state index contributed by atoms with van der Waals surface area (Å²) >= 11 is 0. The first-order valence-corrected chi connectivity index (χ1v) is 9.14. The zero-order valence-electron chi connectivity index (χ0n) is 17.0. The molecule has 7 heteroatoms. The SMILES string of the molecule is COC(=O)C1=C(C)NC(C)=C(C(=O)OC)C1c1c(C(C)C)nn2ccccc12. The predicted octanol–water partition coefficient (Wildman–Crippen LogP) is 3.04. The van der Waals surface area contributed by atoms with E-state index >= 15 is 0 Å². The van der Waals surface area contributed by atoms with Gasteiger partial charge in [-0.05, 0) is 31.9 Å². The second-order valence-electron chi connectivity index (χ2n) is 7.10. The molecule has 0 amide bonds. The lowest BCUT2D eigenvalue weighted by Gasteiger charge is -2.30. The van der Waals surface area contributed by atoms with Crippen molar-refractivity contribution >= 4 is 17.5 Å². The van der Waals surface area contributed by atoms with E-state index in [0.29, 0.717) is 22.5 Å².